The lowest BCUT2D eigenvalue weighted by Gasteiger charge is -2.12. The van der Waals surface area contributed by atoms with Crippen molar-refractivity contribution in [2.24, 2.45) is 5.73 Å². The Hall–Kier alpha value is -1.85. The Morgan fingerprint density at radius 2 is 2.33 bits per heavy atom. The zero-order valence-electron chi connectivity index (χ0n) is 9.45. The molecule has 0 bridgehead atoms. The van der Waals surface area contributed by atoms with Gasteiger partial charge in [-0.3, -0.25) is 4.79 Å². The Balaban J connectivity index is 2.28. The molecule has 0 spiro atoms. The number of nitrogens with zero attached hydrogens (tertiary/aromatic N) is 2. The van der Waals surface area contributed by atoms with E-state index in [4.69, 9.17) is 22.4 Å². The SMILES string of the molecule is NC(CC(=O)O)c1ccc(-n2cccn2)c(Cl)c1. The van der Waals surface area contributed by atoms with Crippen LogP contribution in [0.25, 0.3) is 5.69 Å². The highest BCUT2D eigenvalue weighted by Gasteiger charge is 2.12. The second-order valence-electron chi connectivity index (χ2n) is 3.87. The van der Waals surface area contributed by atoms with Crippen molar-refractivity contribution in [2.45, 2.75) is 12.5 Å². The van der Waals surface area contributed by atoms with Crippen LogP contribution in [-0.2, 0) is 4.79 Å². The number of hydrogen-bond acceptors (Lipinski definition) is 3. The molecule has 0 amide bonds. The zero-order chi connectivity index (χ0) is 13.1. The number of halogens is 1. The van der Waals surface area contributed by atoms with Gasteiger partial charge in [-0.1, -0.05) is 17.7 Å². The van der Waals surface area contributed by atoms with Crippen LogP contribution in [0.3, 0.4) is 0 Å². The minimum atomic E-state index is -0.935. The molecule has 1 aromatic heterocycles. The molecule has 3 N–H and O–H groups in total. The van der Waals surface area contributed by atoms with E-state index < -0.39 is 12.0 Å². The van der Waals surface area contributed by atoms with Gasteiger partial charge in [0.05, 0.1) is 17.1 Å². The maximum absolute atomic E-state index is 10.6. The Bertz CT molecular complexity index is 554. The summed E-state index contributed by atoms with van der Waals surface area (Å²) in [7, 11) is 0. The molecule has 2 rings (SSSR count). The number of benzene rings is 1. The molecule has 5 nitrogen and oxygen atoms in total. The van der Waals surface area contributed by atoms with Gasteiger partial charge in [0.2, 0.25) is 0 Å². The van der Waals surface area contributed by atoms with Gasteiger partial charge in [0.15, 0.2) is 0 Å². The quantitative estimate of drug-likeness (QED) is 0.886. The summed E-state index contributed by atoms with van der Waals surface area (Å²) in [6, 6.07) is 6.43. The molecule has 0 aliphatic carbocycles. The fraction of sp³-hybridized carbons (Fsp3) is 0.167. The van der Waals surface area contributed by atoms with Crippen molar-refractivity contribution in [3.8, 4) is 5.69 Å². The number of rotatable bonds is 4. The fourth-order valence-corrected chi connectivity index (χ4v) is 1.93. The fourth-order valence-electron chi connectivity index (χ4n) is 1.66. The number of aliphatic carboxylic acids is 1. The minimum Gasteiger partial charge on any atom is -0.481 e. The molecule has 1 heterocycles. The van der Waals surface area contributed by atoms with Crippen molar-refractivity contribution in [1.29, 1.82) is 0 Å². The van der Waals surface area contributed by atoms with E-state index in [0.717, 1.165) is 5.69 Å². The van der Waals surface area contributed by atoms with Crippen LogP contribution in [0, 0.1) is 0 Å². The Labute approximate surface area is 109 Å². The van der Waals surface area contributed by atoms with E-state index in [9.17, 15) is 4.79 Å². The second kappa shape index (κ2) is 5.20. The first-order chi connectivity index (χ1) is 8.58. The highest BCUT2D eigenvalue weighted by Crippen LogP contribution is 2.24. The molecule has 0 saturated heterocycles. The van der Waals surface area contributed by atoms with Gasteiger partial charge in [0.25, 0.3) is 0 Å². The third-order valence-electron chi connectivity index (χ3n) is 2.55. The Morgan fingerprint density at radius 3 is 2.89 bits per heavy atom. The van der Waals surface area contributed by atoms with Gasteiger partial charge in [-0.25, -0.2) is 4.68 Å². The Kier molecular flexibility index (Phi) is 3.64. The average molecular weight is 266 g/mol. The van der Waals surface area contributed by atoms with Gasteiger partial charge >= 0.3 is 5.97 Å². The normalized spacial score (nSPS) is 12.3. The molecule has 0 aliphatic rings. The van der Waals surface area contributed by atoms with E-state index in [0.29, 0.717) is 10.6 Å². The monoisotopic (exact) mass is 265 g/mol. The number of aromatic nitrogens is 2. The van der Waals surface area contributed by atoms with Crippen LogP contribution in [0.2, 0.25) is 5.02 Å². The topological polar surface area (TPSA) is 81.1 Å². The number of hydrogen-bond donors (Lipinski definition) is 2. The molecule has 1 unspecified atom stereocenters. The van der Waals surface area contributed by atoms with Crippen molar-refractivity contribution in [3.05, 3.63) is 47.2 Å². The smallest absolute Gasteiger partial charge is 0.305 e. The summed E-state index contributed by atoms with van der Waals surface area (Å²) < 4.78 is 1.63. The molecule has 94 valence electrons. The number of carbonyl (C=O) groups is 1. The Morgan fingerprint density at radius 1 is 1.56 bits per heavy atom. The predicted octanol–water partition coefficient (Wildman–Crippen LogP) is 2.00. The van der Waals surface area contributed by atoms with Crippen LogP contribution in [0.1, 0.15) is 18.0 Å². The average Bonchev–Trinajstić information content (AvgIpc) is 2.81. The number of carboxylic acid groups (broad SMARTS) is 1. The van der Waals surface area contributed by atoms with Crippen molar-refractivity contribution >= 4 is 17.6 Å². The summed E-state index contributed by atoms with van der Waals surface area (Å²) in [4.78, 5) is 10.6. The van der Waals surface area contributed by atoms with Crippen molar-refractivity contribution in [3.63, 3.8) is 0 Å². The second-order valence-corrected chi connectivity index (χ2v) is 4.27. The van der Waals surface area contributed by atoms with Gasteiger partial charge in [-0.15, -0.1) is 0 Å². The van der Waals surface area contributed by atoms with E-state index in [2.05, 4.69) is 5.10 Å². The van der Waals surface area contributed by atoms with E-state index in [1.807, 2.05) is 0 Å². The minimum absolute atomic E-state index is 0.128. The van der Waals surface area contributed by atoms with Crippen LogP contribution < -0.4 is 5.73 Å². The molecule has 1 aromatic carbocycles. The first-order valence-corrected chi connectivity index (χ1v) is 5.72. The van der Waals surface area contributed by atoms with E-state index in [1.165, 1.54) is 0 Å². The van der Waals surface area contributed by atoms with Crippen molar-refractivity contribution in [1.82, 2.24) is 9.78 Å². The summed E-state index contributed by atoms with van der Waals surface area (Å²) in [5.74, 6) is -0.935. The van der Waals surface area contributed by atoms with Crippen molar-refractivity contribution in [2.75, 3.05) is 0 Å². The summed E-state index contributed by atoms with van der Waals surface area (Å²) in [6.07, 6.45) is 3.30. The first kappa shape index (κ1) is 12.6. The van der Waals surface area contributed by atoms with Gasteiger partial charge in [0.1, 0.15) is 0 Å². The van der Waals surface area contributed by atoms with Crippen LogP contribution in [0.15, 0.2) is 36.7 Å². The van der Waals surface area contributed by atoms with Crippen LogP contribution in [0.5, 0.6) is 0 Å². The van der Waals surface area contributed by atoms with Crippen LogP contribution in [0.4, 0.5) is 0 Å². The molecule has 0 aliphatic heterocycles. The largest absolute Gasteiger partial charge is 0.481 e. The molecule has 2 aromatic rings. The lowest BCUT2D eigenvalue weighted by molar-refractivity contribution is -0.137. The van der Waals surface area contributed by atoms with Gasteiger partial charge in [0, 0.05) is 18.4 Å². The van der Waals surface area contributed by atoms with E-state index in [1.54, 1.807) is 41.3 Å². The van der Waals surface area contributed by atoms with E-state index in [-0.39, 0.29) is 6.42 Å². The highest BCUT2D eigenvalue weighted by atomic mass is 35.5. The molecule has 6 heteroatoms. The maximum atomic E-state index is 10.6. The third kappa shape index (κ3) is 2.69. The van der Waals surface area contributed by atoms with Crippen molar-refractivity contribution < 1.29 is 9.90 Å². The molecule has 18 heavy (non-hydrogen) atoms. The lowest BCUT2D eigenvalue weighted by atomic mass is 10.0. The van der Waals surface area contributed by atoms with E-state index >= 15 is 0 Å². The summed E-state index contributed by atoms with van der Waals surface area (Å²) >= 11 is 6.14. The number of nitrogens with two attached hydrogens (primary N) is 1. The third-order valence-corrected chi connectivity index (χ3v) is 2.85. The van der Waals surface area contributed by atoms with Crippen LogP contribution >= 0.6 is 11.6 Å². The molecule has 0 fully saturated rings. The predicted molar refractivity (Wildman–Crippen MR) is 67.8 cm³/mol. The van der Waals surface area contributed by atoms with Gasteiger partial charge < -0.3 is 10.8 Å². The van der Waals surface area contributed by atoms with Gasteiger partial charge in [-0.2, -0.15) is 5.10 Å². The molecule has 0 radical (unpaired) electrons. The molecular weight excluding hydrogens is 254 g/mol. The maximum Gasteiger partial charge on any atom is 0.305 e. The first-order valence-electron chi connectivity index (χ1n) is 5.35. The molecule has 1 atom stereocenters. The number of carboxylic acids is 1. The van der Waals surface area contributed by atoms with Gasteiger partial charge in [-0.05, 0) is 23.8 Å². The molecular formula is C12H12ClN3O2. The standard InChI is InChI=1S/C12H12ClN3O2/c13-9-6-8(10(14)7-12(17)18)2-3-11(9)16-5-1-4-15-16/h1-6,10H,7,14H2,(H,17,18). The lowest BCUT2D eigenvalue weighted by Crippen LogP contribution is -2.15. The summed E-state index contributed by atoms with van der Waals surface area (Å²) in [6.45, 7) is 0. The summed E-state index contributed by atoms with van der Waals surface area (Å²) in [5.41, 5.74) is 7.19. The van der Waals surface area contributed by atoms with Crippen LogP contribution in [-0.4, -0.2) is 20.9 Å². The molecule has 0 saturated carbocycles. The zero-order valence-corrected chi connectivity index (χ0v) is 10.2. The summed E-state index contributed by atoms with van der Waals surface area (Å²) in [5, 5.41) is 13.3. The highest BCUT2D eigenvalue weighted by molar-refractivity contribution is 6.32.